The second-order valence-electron chi connectivity index (χ2n) is 5.62. The molecular formula is C19H20N2O4. The molecule has 3 N–H and O–H groups in total. The van der Waals surface area contributed by atoms with Crippen LogP contribution in [0.5, 0.6) is 0 Å². The van der Waals surface area contributed by atoms with E-state index in [4.69, 9.17) is 5.11 Å². The molecule has 0 heterocycles. The maximum Gasteiger partial charge on any atom is 0.336 e. The zero-order valence-electron chi connectivity index (χ0n) is 13.9. The largest absolute Gasteiger partial charge is 0.478 e. The van der Waals surface area contributed by atoms with Crippen LogP contribution in [0, 0.1) is 6.92 Å². The first kappa shape index (κ1) is 18.2. The minimum Gasteiger partial charge on any atom is -0.478 e. The maximum atomic E-state index is 12.1. The number of carbonyl (C=O) groups is 3. The SMILES string of the molecule is Cc1ccc(CC(=O)NCCNC(=O)c2ccccc2C(=O)O)cc1. The molecule has 25 heavy (non-hydrogen) atoms. The lowest BCUT2D eigenvalue weighted by Gasteiger charge is -2.09. The van der Waals surface area contributed by atoms with Crippen LogP contribution in [0.25, 0.3) is 0 Å². The molecule has 0 aliphatic heterocycles. The summed E-state index contributed by atoms with van der Waals surface area (Å²) in [6, 6.07) is 13.7. The number of hydrogen-bond donors (Lipinski definition) is 3. The Balaban J connectivity index is 1.77. The van der Waals surface area contributed by atoms with Gasteiger partial charge in [0, 0.05) is 13.1 Å². The van der Waals surface area contributed by atoms with E-state index in [0.29, 0.717) is 0 Å². The van der Waals surface area contributed by atoms with Gasteiger partial charge in [-0.05, 0) is 24.6 Å². The first-order chi connectivity index (χ1) is 12.0. The standard InChI is InChI=1S/C19H20N2O4/c1-13-6-8-14(9-7-13)12-17(22)20-10-11-21-18(23)15-4-2-3-5-16(15)19(24)25/h2-9H,10-12H2,1H3,(H,20,22)(H,21,23)(H,24,25). The molecule has 0 atom stereocenters. The third-order valence-corrected chi connectivity index (χ3v) is 3.62. The van der Waals surface area contributed by atoms with Gasteiger partial charge in [0.05, 0.1) is 17.5 Å². The second kappa shape index (κ2) is 8.63. The molecule has 6 nitrogen and oxygen atoms in total. The molecule has 0 bridgehead atoms. The summed E-state index contributed by atoms with van der Waals surface area (Å²) in [6.07, 6.45) is 0.274. The molecular weight excluding hydrogens is 320 g/mol. The van der Waals surface area contributed by atoms with Gasteiger partial charge in [0.2, 0.25) is 5.91 Å². The normalized spacial score (nSPS) is 10.1. The Kier molecular flexibility index (Phi) is 6.28. The number of amides is 2. The fourth-order valence-corrected chi connectivity index (χ4v) is 2.29. The molecule has 0 saturated carbocycles. The molecule has 2 amide bonds. The minimum absolute atomic E-state index is 0.0524. The fraction of sp³-hybridized carbons (Fsp3) is 0.211. The first-order valence-electron chi connectivity index (χ1n) is 7.90. The predicted octanol–water partition coefficient (Wildman–Crippen LogP) is 1.78. The number of aryl methyl sites for hydroxylation is 1. The van der Waals surface area contributed by atoms with E-state index in [9.17, 15) is 14.4 Å². The zero-order valence-corrected chi connectivity index (χ0v) is 13.9. The van der Waals surface area contributed by atoms with Crippen molar-refractivity contribution in [2.24, 2.45) is 0 Å². The lowest BCUT2D eigenvalue weighted by molar-refractivity contribution is -0.120. The number of carboxylic acid groups (broad SMARTS) is 1. The average molecular weight is 340 g/mol. The van der Waals surface area contributed by atoms with Crippen LogP contribution in [-0.4, -0.2) is 36.0 Å². The van der Waals surface area contributed by atoms with Crippen molar-refractivity contribution < 1.29 is 19.5 Å². The van der Waals surface area contributed by atoms with E-state index in [1.54, 1.807) is 12.1 Å². The van der Waals surface area contributed by atoms with Crippen LogP contribution in [0.4, 0.5) is 0 Å². The molecule has 6 heteroatoms. The van der Waals surface area contributed by atoms with Crippen LogP contribution >= 0.6 is 0 Å². The quantitative estimate of drug-likeness (QED) is 0.670. The highest BCUT2D eigenvalue weighted by atomic mass is 16.4. The van der Waals surface area contributed by atoms with E-state index in [2.05, 4.69) is 10.6 Å². The average Bonchev–Trinajstić information content (AvgIpc) is 2.60. The fourth-order valence-electron chi connectivity index (χ4n) is 2.29. The topological polar surface area (TPSA) is 95.5 Å². The van der Waals surface area contributed by atoms with Crippen LogP contribution in [-0.2, 0) is 11.2 Å². The van der Waals surface area contributed by atoms with Crippen LogP contribution in [0.15, 0.2) is 48.5 Å². The van der Waals surface area contributed by atoms with E-state index in [1.807, 2.05) is 31.2 Å². The van der Waals surface area contributed by atoms with Crippen molar-refractivity contribution in [1.29, 1.82) is 0 Å². The highest BCUT2D eigenvalue weighted by molar-refractivity contribution is 6.04. The van der Waals surface area contributed by atoms with Gasteiger partial charge >= 0.3 is 5.97 Å². The summed E-state index contributed by atoms with van der Waals surface area (Å²) in [5.41, 5.74) is 2.10. The number of nitrogens with one attached hydrogen (secondary N) is 2. The monoisotopic (exact) mass is 340 g/mol. The third kappa shape index (κ3) is 5.46. The van der Waals surface area contributed by atoms with Gasteiger partial charge in [0.1, 0.15) is 0 Å². The van der Waals surface area contributed by atoms with Crippen molar-refractivity contribution in [3.05, 3.63) is 70.8 Å². The Morgan fingerprint density at radius 2 is 1.48 bits per heavy atom. The van der Waals surface area contributed by atoms with Gasteiger partial charge in [-0.15, -0.1) is 0 Å². The number of hydrogen-bond acceptors (Lipinski definition) is 3. The van der Waals surface area contributed by atoms with Crippen molar-refractivity contribution in [1.82, 2.24) is 10.6 Å². The molecule has 130 valence electrons. The molecule has 2 aromatic carbocycles. The molecule has 0 aromatic heterocycles. The van der Waals surface area contributed by atoms with Crippen molar-refractivity contribution in [2.75, 3.05) is 13.1 Å². The van der Waals surface area contributed by atoms with Crippen molar-refractivity contribution >= 4 is 17.8 Å². The second-order valence-corrected chi connectivity index (χ2v) is 5.62. The van der Waals surface area contributed by atoms with Crippen LogP contribution in [0.3, 0.4) is 0 Å². The van der Waals surface area contributed by atoms with Crippen molar-refractivity contribution in [3.8, 4) is 0 Å². The Labute approximate surface area is 145 Å². The van der Waals surface area contributed by atoms with E-state index in [-0.39, 0.29) is 36.5 Å². The Hall–Kier alpha value is -3.15. The van der Waals surface area contributed by atoms with Gasteiger partial charge in [-0.1, -0.05) is 42.0 Å². The lowest BCUT2D eigenvalue weighted by Crippen LogP contribution is -2.35. The van der Waals surface area contributed by atoms with E-state index < -0.39 is 11.9 Å². The van der Waals surface area contributed by atoms with Gasteiger partial charge in [-0.3, -0.25) is 9.59 Å². The molecule has 0 fully saturated rings. The maximum absolute atomic E-state index is 12.1. The van der Waals surface area contributed by atoms with Gasteiger partial charge in [-0.25, -0.2) is 4.79 Å². The molecule has 0 saturated heterocycles. The smallest absolute Gasteiger partial charge is 0.336 e. The molecule has 0 spiro atoms. The van der Waals surface area contributed by atoms with Crippen LogP contribution in [0.1, 0.15) is 31.8 Å². The zero-order chi connectivity index (χ0) is 18.2. The number of aromatic carboxylic acids is 1. The highest BCUT2D eigenvalue weighted by Gasteiger charge is 2.15. The molecule has 0 unspecified atom stereocenters. The van der Waals surface area contributed by atoms with Crippen molar-refractivity contribution in [2.45, 2.75) is 13.3 Å². The first-order valence-corrected chi connectivity index (χ1v) is 7.90. The summed E-state index contributed by atoms with van der Waals surface area (Å²) in [5.74, 6) is -1.77. The Morgan fingerprint density at radius 3 is 2.12 bits per heavy atom. The van der Waals surface area contributed by atoms with Crippen LogP contribution < -0.4 is 10.6 Å². The summed E-state index contributed by atoms with van der Waals surface area (Å²) in [5, 5.41) is 14.4. The third-order valence-electron chi connectivity index (χ3n) is 3.62. The Morgan fingerprint density at radius 1 is 0.880 bits per heavy atom. The molecule has 0 aliphatic carbocycles. The number of carboxylic acids is 1. The summed E-state index contributed by atoms with van der Waals surface area (Å²) < 4.78 is 0. The molecule has 0 aliphatic rings. The molecule has 0 radical (unpaired) electrons. The van der Waals surface area contributed by atoms with Gasteiger partial charge < -0.3 is 15.7 Å². The number of carbonyl (C=O) groups excluding carboxylic acids is 2. The summed E-state index contributed by atoms with van der Waals surface area (Å²) in [4.78, 5) is 35.0. The van der Waals surface area contributed by atoms with E-state index >= 15 is 0 Å². The van der Waals surface area contributed by atoms with E-state index in [1.165, 1.54) is 12.1 Å². The molecule has 2 rings (SSSR count). The predicted molar refractivity (Wildman–Crippen MR) is 93.6 cm³/mol. The van der Waals surface area contributed by atoms with Crippen LogP contribution in [0.2, 0.25) is 0 Å². The van der Waals surface area contributed by atoms with Gasteiger partial charge in [-0.2, -0.15) is 0 Å². The lowest BCUT2D eigenvalue weighted by atomic mass is 10.1. The number of benzene rings is 2. The number of rotatable bonds is 7. The summed E-state index contributed by atoms with van der Waals surface area (Å²) >= 11 is 0. The summed E-state index contributed by atoms with van der Waals surface area (Å²) in [6.45, 7) is 2.47. The Bertz CT molecular complexity index is 769. The molecule has 2 aromatic rings. The van der Waals surface area contributed by atoms with E-state index in [0.717, 1.165) is 11.1 Å². The van der Waals surface area contributed by atoms with Crippen molar-refractivity contribution in [3.63, 3.8) is 0 Å². The van der Waals surface area contributed by atoms with Gasteiger partial charge in [0.25, 0.3) is 5.91 Å². The minimum atomic E-state index is -1.16. The van der Waals surface area contributed by atoms with Gasteiger partial charge in [0.15, 0.2) is 0 Å². The summed E-state index contributed by atoms with van der Waals surface area (Å²) in [7, 11) is 0. The highest BCUT2D eigenvalue weighted by Crippen LogP contribution is 2.08.